The fraction of sp³-hybridized carbons (Fsp3) is 0.316. The Morgan fingerprint density at radius 2 is 1.89 bits per heavy atom. The zero-order chi connectivity index (χ0) is 20.5. The lowest BCUT2D eigenvalue weighted by Gasteiger charge is -2.29. The van der Waals surface area contributed by atoms with E-state index in [-0.39, 0.29) is 39.4 Å². The Hall–Kier alpha value is -1.83. The van der Waals surface area contributed by atoms with E-state index in [1.165, 1.54) is 30.2 Å². The lowest BCUT2D eigenvalue weighted by molar-refractivity contribution is 0.0679. The SMILES string of the molecule is COc1c(Cl)cc(C(=O)N(Cc2ccccc2F)[C@@H]2CCS(=O)(=O)C2)cc1Cl. The number of rotatable bonds is 5. The van der Waals surface area contributed by atoms with Crippen LogP contribution >= 0.6 is 23.2 Å². The average molecular weight is 446 g/mol. The molecule has 0 unspecified atom stereocenters. The number of ether oxygens (including phenoxy) is 1. The quantitative estimate of drug-likeness (QED) is 0.698. The molecule has 0 N–H and O–H groups in total. The Morgan fingerprint density at radius 3 is 2.43 bits per heavy atom. The Bertz CT molecular complexity index is 990. The second-order valence-electron chi connectivity index (χ2n) is 6.55. The summed E-state index contributed by atoms with van der Waals surface area (Å²) in [4.78, 5) is 14.6. The molecular formula is C19H18Cl2FNO4S. The summed E-state index contributed by atoms with van der Waals surface area (Å²) >= 11 is 12.3. The first-order valence-electron chi connectivity index (χ1n) is 8.49. The topological polar surface area (TPSA) is 63.7 Å². The van der Waals surface area contributed by atoms with E-state index >= 15 is 0 Å². The molecule has 1 aliphatic rings. The van der Waals surface area contributed by atoms with Crippen molar-refractivity contribution < 1.29 is 22.3 Å². The van der Waals surface area contributed by atoms with E-state index in [1.54, 1.807) is 18.2 Å². The summed E-state index contributed by atoms with van der Waals surface area (Å²) in [7, 11) is -1.84. The predicted octanol–water partition coefficient (Wildman–Crippen LogP) is 3.97. The van der Waals surface area contributed by atoms with Gasteiger partial charge < -0.3 is 9.64 Å². The predicted molar refractivity (Wildman–Crippen MR) is 106 cm³/mol. The molecule has 5 nitrogen and oxygen atoms in total. The summed E-state index contributed by atoms with van der Waals surface area (Å²) in [5.74, 6) is -0.874. The molecule has 3 rings (SSSR count). The minimum absolute atomic E-state index is 0.0111. The second kappa shape index (κ2) is 8.27. The number of amides is 1. The number of carbonyl (C=O) groups excluding carboxylic acids is 1. The summed E-state index contributed by atoms with van der Waals surface area (Å²) < 4.78 is 43.1. The maximum atomic E-state index is 14.2. The van der Waals surface area contributed by atoms with Crippen LogP contribution in [0.5, 0.6) is 5.75 Å². The van der Waals surface area contributed by atoms with Gasteiger partial charge in [0.05, 0.1) is 28.7 Å². The smallest absolute Gasteiger partial charge is 0.254 e. The molecule has 2 aromatic rings. The van der Waals surface area contributed by atoms with Crippen molar-refractivity contribution in [3.63, 3.8) is 0 Å². The molecule has 150 valence electrons. The van der Waals surface area contributed by atoms with Gasteiger partial charge in [-0.3, -0.25) is 4.79 Å². The van der Waals surface area contributed by atoms with Crippen molar-refractivity contribution in [1.82, 2.24) is 4.90 Å². The molecule has 0 bridgehead atoms. The van der Waals surface area contributed by atoms with Crippen molar-refractivity contribution in [2.75, 3.05) is 18.6 Å². The highest BCUT2D eigenvalue weighted by Gasteiger charge is 2.35. The van der Waals surface area contributed by atoms with Gasteiger partial charge in [0, 0.05) is 23.7 Å². The van der Waals surface area contributed by atoms with Gasteiger partial charge >= 0.3 is 0 Å². The number of halogens is 3. The molecule has 1 atom stereocenters. The highest BCUT2D eigenvalue weighted by molar-refractivity contribution is 7.91. The van der Waals surface area contributed by atoms with Gasteiger partial charge in [-0.25, -0.2) is 12.8 Å². The van der Waals surface area contributed by atoms with Gasteiger partial charge in [0.2, 0.25) is 0 Å². The summed E-state index contributed by atoms with van der Waals surface area (Å²) in [6, 6.07) is 8.33. The molecular weight excluding hydrogens is 428 g/mol. The summed E-state index contributed by atoms with van der Waals surface area (Å²) in [6.45, 7) is -0.0625. The van der Waals surface area contributed by atoms with E-state index in [0.717, 1.165) is 0 Å². The third kappa shape index (κ3) is 4.42. The van der Waals surface area contributed by atoms with Crippen molar-refractivity contribution in [3.05, 3.63) is 63.4 Å². The number of hydrogen-bond acceptors (Lipinski definition) is 4. The van der Waals surface area contributed by atoms with Crippen LogP contribution in [0.3, 0.4) is 0 Å². The molecule has 9 heteroatoms. The van der Waals surface area contributed by atoms with E-state index in [1.807, 2.05) is 0 Å². The van der Waals surface area contributed by atoms with E-state index in [9.17, 15) is 17.6 Å². The molecule has 1 aliphatic heterocycles. The Balaban J connectivity index is 1.99. The van der Waals surface area contributed by atoms with E-state index in [0.29, 0.717) is 12.0 Å². The van der Waals surface area contributed by atoms with E-state index < -0.39 is 27.6 Å². The third-order valence-corrected chi connectivity index (χ3v) is 6.97. The molecule has 0 aliphatic carbocycles. The van der Waals surface area contributed by atoms with Crippen molar-refractivity contribution in [2.24, 2.45) is 0 Å². The fourth-order valence-corrected chi connectivity index (χ4v) is 5.61. The molecule has 1 fully saturated rings. The maximum absolute atomic E-state index is 14.2. The number of hydrogen-bond donors (Lipinski definition) is 0. The number of nitrogens with zero attached hydrogens (tertiary/aromatic N) is 1. The molecule has 0 spiro atoms. The van der Waals surface area contributed by atoms with Crippen LogP contribution in [0.15, 0.2) is 36.4 Å². The molecule has 1 amide bonds. The van der Waals surface area contributed by atoms with Gasteiger partial charge in [0.25, 0.3) is 5.91 Å². The number of sulfone groups is 1. The van der Waals surface area contributed by atoms with Gasteiger partial charge in [0.15, 0.2) is 15.6 Å². The number of methoxy groups -OCH3 is 1. The molecule has 28 heavy (non-hydrogen) atoms. The monoisotopic (exact) mass is 445 g/mol. The molecule has 0 radical (unpaired) electrons. The molecule has 1 saturated heterocycles. The van der Waals surface area contributed by atoms with Crippen LogP contribution in [0, 0.1) is 5.82 Å². The van der Waals surface area contributed by atoms with Crippen LogP contribution in [0.25, 0.3) is 0 Å². The highest BCUT2D eigenvalue weighted by Crippen LogP contribution is 2.35. The third-order valence-electron chi connectivity index (χ3n) is 4.66. The summed E-state index contributed by atoms with van der Waals surface area (Å²) in [5.41, 5.74) is 0.474. The Labute approximate surface area is 172 Å². The molecule has 1 heterocycles. The first-order chi connectivity index (χ1) is 13.2. The second-order valence-corrected chi connectivity index (χ2v) is 9.60. The zero-order valence-electron chi connectivity index (χ0n) is 15.0. The first-order valence-corrected chi connectivity index (χ1v) is 11.1. The summed E-state index contributed by atoms with van der Waals surface area (Å²) in [6.07, 6.45) is 0.292. The maximum Gasteiger partial charge on any atom is 0.254 e. The van der Waals surface area contributed by atoms with Crippen molar-refractivity contribution in [1.29, 1.82) is 0 Å². The largest absolute Gasteiger partial charge is 0.494 e. The van der Waals surface area contributed by atoms with Gasteiger partial charge in [-0.15, -0.1) is 0 Å². The van der Waals surface area contributed by atoms with Crippen molar-refractivity contribution in [2.45, 2.75) is 19.0 Å². The van der Waals surface area contributed by atoms with E-state index in [2.05, 4.69) is 0 Å². The van der Waals surface area contributed by atoms with Crippen LogP contribution < -0.4 is 4.74 Å². The van der Waals surface area contributed by atoms with Crippen LogP contribution in [0.1, 0.15) is 22.3 Å². The first kappa shape index (κ1) is 20.9. The average Bonchev–Trinajstić information content (AvgIpc) is 2.99. The fourth-order valence-electron chi connectivity index (χ4n) is 3.24. The lowest BCUT2D eigenvalue weighted by Crippen LogP contribution is -2.40. The van der Waals surface area contributed by atoms with Gasteiger partial charge in [-0.05, 0) is 24.6 Å². The molecule has 2 aromatic carbocycles. The number of benzene rings is 2. The van der Waals surface area contributed by atoms with Gasteiger partial charge in [-0.1, -0.05) is 41.4 Å². The van der Waals surface area contributed by atoms with E-state index in [4.69, 9.17) is 27.9 Å². The van der Waals surface area contributed by atoms with Crippen LogP contribution in [0.4, 0.5) is 4.39 Å². The molecule has 0 aromatic heterocycles. The van der Waals surface area contributed by atoms with Crippen molar-refractivity contribution in [3.8, 4) is 5.75 Å². The number of carbonyl (C=O) groups is 1. The lowest BCUT2D eigenvalue weighted by atomic mass is 10.1. The molecule has 0 saturated carbocycles. The van der Waals surface area contributed by atoms with Crippen LogP contribution in [-0.2, 0) is 16.4 Å². The Morgan fingerprint density at radius 1 is 1.25 bits per heavy atom. The normalized spacial score (nSPS) is 18.1. The van der Waals surface area contributed by atoms with Crippen molar-refractivity contribution >= 4 is 38.9 Å². The highest BCUT2D eigenvalue weighted by atomic mass is 35.5. The van der Waals surface area contributed by atoms with Crippen LogP contribution in [0.2, 0.25) is 10.0 Å². The van der Waals surface area contributed by atoms with Gasteiger partial charge in [0.1, 0.15) is 5.82 Å². The summed E-state index contributed by atoms with van der Waals surface area (Å²) in [5, 5.41) is 0.312. The zero-order valence-corrected chi connectivity index (χ0v) is 17.3. The van der Waals surface area contributed by atoms with Gasteiger partial charge in [-0.2, -0.15) is 0 Å². The standard InChI is InChI=1S/C19H18Cl2FNO4S/c1-27-18-15(20)8-13(9-16(18)21)19(24)23(14-6-7-28(25,26)11-14)10-12-4-2-3-5-17(12)22/h2-5,8-9,14H,6-7,10-11H2,1H3/t14-/m1/s1. The Kier molecular flexibility index (Phi) is 6.17. The minimum atomic E-state index is -3.25. The minimum Gasteiger partial charge on any atom is -0.494 e. The van der Waals surface area contributed by atoms with Crippen LogP contribution in [-0.4, -0.2) is 43.9 Å².